The van der Waals surface area contributed by atoms with Crippen LogP contribution in [0.5, 0.6) is 11.5 Å². The summed E-state index contributed by atoms with van der Waals surface area (Å²) in [5, 5.41) is 19.3. The van der Waals surface area contributed by atoms with E-state index in [1.807, 2.05) is 13.8 Å². The van der Waals surface area contributed by atoms with Crippen LogP contribution in [0.25, 0.3) is 0 Å². The number of ether oxygens (including phenoxy) is 1. The molecule has 18 heavy (non-hydrogen) atoms. The number of nitrogens with two attached hydrogens (primary N) is 1. The van der Waals surface area contributed by atoms with Gasteiger partial charge in [0.05, 0.1) is 11.6 Å². The Hall–Kier alpha value is -0.490. The zero-order valence-electron chi connectivity index (χ0n) is 10.6. The van der Waals surface area contributed by atoms with E-state index in [9.17, 15) is 10.2 Å². The molecule has 0 heterocycles. The standard InChI is InChI=1S/C12H18BrNO3.ClH/c1-12(2,6-15)11(14)8-4-7(17-3)5-9(13)10(8)16;/h4-5,11,15-16H,6,14H2,1-3H3;1H/t11-;/m0./s1. The molecule has 1 rings (SSSR count). The third kappa shape index (κ3) is 3.51. The molecule has 104 valence electrons. The van der Waals surface area contributed by atoms with Crippen molar-refractivity contribution in [3.8, 4) is 11.5 Å². The van der Waals surface area contributed by atoms with Crippen molar-refractivity contribution in [2.75, 3.05) is 13.7 Å². The average molecular weight is 341 g/mol. The molecule has 0 aliphatic heterocycles. The first-order valence-corrected chi connectivity index (χ1v) is 6.05. The molecule has 0 aromatic heterocycles. The number of rotatable bonds is 4. The first-order chi connectivity index (χ1) is 7.83. The molecular formula is C12H19BrClNO3. The number of aromatic hydroxyl groups is 1. The molecule has 6 heteroatoms. The minimum Gasteiger partial charge on any atom is -0.506 e. The maximum absolute atomic E-state index is 9.98. The molecule has 0 saturated heterocycles. The molecule has 0 saturated carbocycles. The van der Waals surface area contributed by atoms with E-state index in [0.29, 0.717) is 15.8 Å². The van der Waals surface area contributed by atoms with Crippen LogP contribution in [0.3, 0.4) is 0 Å². The minimum absolute atomic E-state index is 0. The maximum atomic E-state index is 9.98. The Kier molecular flexibility index (Phi) is 6.43. The Morgan fingerprint density at radius 3 is 2.44 bits per heavy atom. The Morgan fingerprint density at radius 1 is 1.44 bits per heavy atom. The van der Waals surface area contributed by atoms with E-state index >= 15 is 0 Å². The van der Waals surface area contributed by atoms with Gasteiger partial charge in [-0.05, 0) is 28.1 Å². The lowest BCUT2D eigenvalue weighted by atomic mass is 9.81. The van der Waals surface area contributed by atoms with Crippen LogP contribution in [0.4, 0.5) is 0 Å². The second kappa shape index (κ2) is 6.61. The highest BCUT2D eigenvalue weighted by Crippen LogP contribution is 2.41. The van der Waals surface area contributed by atoms with Gasteiger partial charge in [0.25, 0.3) is 0 Å². The molecule has 4 nitrogen and oxygen atoms in total. The first-order valence-electron chi connectivity index (χ1n) is 5.26. The number of halogens is 2. The molecule has 1 aromatic rings. The molecule has 0 amide bonds. The van der Waals surface area contributed by atoms with Crippen LogP contribution in [0.1, 0.15) is 25.5 Å². The Labute approximate surface area is 122 Å². The van der Waals surface area contributed by atoms with Crippen molar-refractivity contribution in [1.29, 1.82) is 0 Å². The second-order valence-electron chi connectivity index (χ2n) is 4.67. The van der Waals surface area contributed by atoms with Crippen molar-refractivity contribution in [2.24, 2.45) is 11.1 Å². The van der Waals surface area contributed by atoms with Crippen molar-refractivity contribution >= 4 is 28.3 Å². The average Bonchev–Trinajstić information content (AvgIpc) is 2.31. The molecular weight excluding hydrogens is 321 g/mol. The monoisotopic (exact) mass is 339 g/mol. The van der Waals surface area contributed by atoms with Crippen molar-refractivity contribution in [3.63, 3.8) is 0 Å². The number of hydrogen-bond donors (Lipinski definition) is 3. The topological polar surface area (TPSA) is 75.7 Å². The van der Waals surface area contributed by atoms with Crippen LogP contribution in [0, 0.1) is 5.41 Å². The van der Waals surface area contributed by atoms with Crippen molar-refractivity contribution in [1.82, 2.24) is 0 Å². The van der Waals surface area contributed by atoms with Crippen LogP contribution in [0.15, 0.2) is 16.6 Å². The second-order valence-corrected chi connectivity index (χ2v) is 5.53. The predicted octanol–water partition coefficient (Wildman–Crippen LogP) is 2.60. The number of aliphatic hydroxyl groups excluding tert-OH is 1. The molecule has 1 atom stereocenters. The fourth-order valence-electron chi connectivity index (χ4n) is 1.47. The van der Waals surface area contributed by atoms with Gasteiger partial charge < -0.3 is 20.7 Å². The summed E-state index contributed by atoms with van der Waals surface area (Å²) in [7, 11) is 1.55. The lowest BCUT2D eigenvalue weighted by Crippen LogP contribution is -2.32. The van der Waals surface area contributed by atoms with Gasteiger partial charge in [-0.15, -0.1) is 12.4 Å². The van der Waals surface area contributed by atoms with Crippen molar-refractivity contribution < 1.29 is 14.9 Å². The summed E-state index contributed by atoms with van der Waals surface area (Å²) in [4.78, 5) is 0. The highest BCUT2D eigenvalue weighted by molar-refractivity contribution is 9.10. The number of aliphatic hydroxyl groups is 1. The summed E-state index contributed by atoms with van der Waals surface area (Å²) in [5.41, 5.74) is 6.11. The summed E-state index contributed by atoms with van der Waals surface area (Å²) in [6.45, 7) is 3.61. The van der Waals surface area contributed by atoms with E-state index in [0.717, 1.165) is 0 Å². The first kappa shape index (κ1) is 17.5. The third-order valence-corrected chi connectivity index (χ3v) is 3.49. The van der Waals surface area contributed by atoms with E-state index < -0.39 is 11.5 Å². The molecule has 0 unspecified atom stereocenters. The molecule has 1 aromatic carbocycles. The number of hydrogen-bond acceptors (Lipinski definition) is 4. The van der Waals surface area contributed by atoms with Gasteiger partial charge in [-0.1, -0.05) is 13.8 Å². The van der Waals surface area contributed by atoms with Gasteiger partial charge in [0.15, 0.2) is 0 Å². The predicted molar refractivity (Wildman–Crippen MR) is 77.4 cm³/mol. The molecule has 4 N–H and O–H groups in total. The maximum Gasteiger partial charge on any atom is 0.134 e. The van der Waals surface area contributed by atoms with Gasteiger partial charge in [0.1, 0.15) is 11.5 Å². The van der Waals surface area contributed by atoms with Crippen LogP contribution in [-0.2, 0) is 0 Å². The van der Waals surface area contributed by atoms with E-state index in [1.165, 1.54) is 0 Å². The number of methoxy groups -OCH3 is 1. The highest BCUT2D eigenvalue weighted by atomic mass is 79.9. The minimum atomic E-state index is -0.525. The molecule has 0 spiro atoms. The van der Waals surface area contributed by atoms with Crippen LogP contribution in [-0.4, -0.2) is 23.9 Å². The molecule has 0 fully saturated rings. The summed E-state index contributed by atoms with van der Waals surface area (Å²) < 4.78 is 5.65. The zero-order valence-corrected chi connectivity index (χ0v) is 13.0. The van der Waals surface area contributed by atoms with Gasteiger partial charge in [-0.2, -0.15) is 0 Å². The van der Waals surface area contributed by atoms with E-state index in [4.69, 9.17) is 10.5 Å². The van der Waals surface area contributed by atoms with E-state index in [2.05, 4.69) is 15.9 Å². The number of phenols is 1. The Morgan fingerprint density at radius 2 is 2.00 bits per heavy atom. The zero-order chi connectivity index (χ0) is 13.2. The molecule has 0 bridgehead atoms. The van der Waals surface area contributed by atoms with Crippen LogP contribution in [0.2, 0.25) is 0 Å². The summed E-state index contributed by atoms with van der Waals surface area (Å²) in [6.07, 6.45) is 0. The fourth-order valence-corrected chi connectivity index (χ4v) is 1.92. The van der Waals surface area contributed by atoms with Gasteiger partial charge in [0.2, 0.25) is 0 Å². The van der Waals surface area contributed by atoms with Gasteiger partial charge in [-0.25, -0.2) is 0 Å². The molecule has 0 aliphatic carbocycles. The molecule has 0 radical (unpaired) electrons. The van der Waals surface area contributed by atoms with Gasteiger partial charge in [0, 0.05) is 23.6 Å². The SMILES string of the molecule is COc1cc(Br)c(O)c([C@H](N)C(C)(C)CO)c1.Cl. The lowest BCUT2D eigenvalue weighted by molar-refractivity contribution is 0.131. The van der Waals surface area contributed by atoms with E-state index in [1.54, 1.807) is 19.2 Å². The Balaban J connectivity index is 0.00000289. The van der Waals surface area contributed by atoms with Crippen LogP contribution >= 0.6 is 28.3 Å². The Bertz CT molecular complexity index is 413. The normalized spacial score (nSPS) is 12.8. The van der Waals surface area contributed by atoms with Gasteiger partial charge >= 0.3 is 0 Å². The van der Waals surface area contributed by atoms with Crippen molar-refractivity contribution in [2.45, 2.75) is 19.9 Å². The van der Waals surface area contributed by atoms with Gasteiger partial charge in [-0.3, -0.25) is 0 Å². The fraction of sp³-hybridized carbons (Fsp3) is 0.500. The quantitative estimate of drug-likeness (QED) is 0.787. The lowest BCUT2D eigenvalue weighted by Gasteiger charge is -2.30. The van der Waals surface area contributed by atoms with E-state index in [-0.39, 0.29) is 24.8 Å². The number of phenolic OH excluding ortho intramolecular Hbond substituents is 1. The summed E-state index contributed by atoms with van der Waals surface area (Å²) in [5.74, 6) is 0.689. The highest BCUT2D eigenvalue weighted by Gasteiger charge is 2.30. The smallest absolute Gasteiger partial charge is 0.134 e. The third-order valence-electron chi connectivity index (χ3n) is 2.89. The number of benzene rings is 1. The van der Waals surface area contributed by atoms with Crippen LogP contribution < -0.4 is 10.5 Å². The van der Waals surface area contributed by atoms with Crippen molar-refractivity contribution in [3.05, 3.63) is 22.2 Å². The molecule has 0 aliphatic rings. The summed E-state index contributed by atoms with van der Waals surface area (Å²) in [6, 6.07) is 2.86. The largest absolute Gasteiger partial charge is 0.506 e. The summed E-state index contributed by atoms with van der Waals surface area (Å²) >= 11 is 3.25.